The topological polar surface area (TPSA) is 13.1 Å². The molecule has 1 heterocycles. The molecule has 182 valence electrons. The third-order valence-corrected chi connectivity index (χ3v) is 7.88. The van der Waals surface area contributed by atoms with Gasteiger partial charge in [-0.1, -0.05) is 127 Å². The number of benzene rings is 7. The van der Waals surface area contributed by atoms with Crippen LogP contribution in [0.15, 0.2) is 150 Å². The molecule has 1 nitrogen and oxygen atoms in total. The number of hydrogen-bond acceptors (Lipinski definition) is 1. The normalized spacial score (nSPS) is 11.6. The van der Waals surface area contributed by atoms with E-state index < -0.39 is 0 Å². The van der Waals surface area contributed by atoms with E-state index in [1.807, 2.05) is 12.1 Å². The standard InChI is InChI=1S/C38H24O/c1-2-12-30-29(9-1)24-36(33-14-4-3-13-32(30)33)26-21-19-25(20-22-26)27-10-7-11-28(23-27)31-16-8-17-35-34-15-5-6-18-37(34)39-38(31)35/h1-24H. The first-order valence-corrected chi connectivity index (χ1v) is 13.4. The Kier molecular flexibility index (Phi) is 4.89. The number of fused-ring (bicyclic) bond motifs is 6. The first kappa shape index (κ1) is 21.9. The van der Waals surface area contributed by atoms with E-state index in [1.165, 1.54) is 43.8 Å². The molecule has 0 amide bonds. The quantitative estimate of drug-likeness (QED) is 0.222. The fraction of sp³-hybridized carbons (Fsp3) is 0. The molecule has 0 saturated heterocycles. The lowest BCUT2D eigenvalue weighted by Crippen LogP contribution is -1.86. The van der Waals surface area contributed by atoms with Crippen molar-refractivity contribution >= 4 is 43.5 Å². The molecule has 0 aliphatic heterocycles. The summed E-state index contributed by atoms with van der Waals surface area (Å²) in [7, 11) is 0. The van der Waals surface area contributed by atoms with Crippen LogP contribution in [0.1, 0.15) is 0 Å². The van der Waals surface area contributed by atoms with Crippen molar-refractivity contribution in [3.8, 4) is 33.4 Å². The van der Waals surface area contributed by atoms with Gasteiger partial charge < -0.3 is 4.42 Å². The maximum Gasteiger partial charge on any atom is 0.143 e. The van der Waals surface area contributed by atoms with Gasteiger partial charge in [-0.3, -0.25) is 0 Å². The van der Waals surface area contributed by atoms with Gasteiger partial charge in [0.15, 0.2) is 0 Å². The highest BCUT2D eigenvalue weighted by atomic mass is 16.3. The molecule has 0 aliphatic carbocycles. The lowest BCUT2D eigenvalue weighted by Gasteiger charge is -2.12. The summed E-state index contributed by atoms with van der Waals surface area (Å²) in [4.78, 5) is 0. The Morgan fingerprint density at radius 1 is 0.333 bits per heavy atom. The van der Waals surface area contributed by atoms with Crippen LogP contribution in [0.2, 0.25) is 0 Å². The van der Waals surface area contributed by atoms with Gasteiger partial charge in [-0.15, -0.1) is 0 Å². The summed E-state index contributed by atoms with van der Waals surface area (Å²) < 4.78 is 6.31. The van der Waals surface area contributed by atoms with Gasteiger partial charge in [-0.2, -0.15) is 0 Å². The second-order valence-electron chi connectivity index (χ2n) is 10.1. The molecule has 0 fully saturated rings. The van der Waals surface area contributed by atoms with Gasteiger partial charge in [0.1, 0.15) is 11.2 Å². The van der Waals surface area contributed by atoms with Gasteiger partial charge in [0.25, 0.3) is 0 Å². The first-order valence-electron chi connectivity index (χ1n) is 13.4. The fourth-order valence-corrected chi connectivity index (χ4v) is 5.98. The molecule has 0 N–H and O–H groups in total. The molecule has 1 aromatic heterocycles. The Balaban J connectivity index is 1.21. The molecular weight excluding hydrogens is 472 g/mol. The van der Waals surface area contributed by atoms with Crippen molar-refractivity contribution < 1.29 is 4.42 Å². The summed E-state index contributed by atoms with van der Waals surface area (Å²) in [6, 6.07) is 52.1. The predicted molar refractivity (Wildman–Crippen MR) is 165 cm³/mol. The number of furan rings is 1. The number of rotatable bonds is 3. The molecule has 8 aromatic rings. The van der Waals surface area contributed by atoms with Gasteiger partial charge in [0, 0.05) is 16.3 Å². The summed E-state index contributed by atoms with van der Waals surface area (Å²) in [5.74, 6) is 0. The highest BCUT2D eigenvalue weighted by molar-refractivity contribution is 6.14. The minimum Gasteiger partial charge on any atom is -0.455 e. The highest BCUT2D eigenvalue weighted by Crippen LogP contribution is 2.38. The van der Waals surface area contributed by atoms with Crippen LogP contribution in [-0.4, -0.2) is 0 Å². The lowest BCUT2D eigenvalue weighted by molar-refractivity contribution is 0.670. The molecule has 0 radical (unpaired) electrons. The Bertz CT molecular complexity index is 2160. The summed E-state index contributed by atoms with van der Waals surface area (Å²) in [6.07, 6.45) is 0. The van der Waals surface area contributed by atoms with Crippen LogP contribution in [0.4, 0.5) is 0 Å². The molecule has 0 aliphatic rings. The average Bonchev–Trinajstić information content (AvgIpc) is 3.40. The Morgan fingerprint density at radius 2 is 0.974 bits per heavy atom. The van der Waals surface area contributed by atoms with Crippen molar-refractivity contribution in [2.45, 2.75) is 0 Å². The monoisotopic (exact) mass is 496 g/mol. The third-order valence-electron chi connectivity index (χ3n) is 7.88. The Labute approximate surface area is 226 Å². The SMILES string of the molecule is c1cc(-c2ccc(-c3cc4ccccc4c4ccccc34)cc2)cc(-c2cccc3c2oc2ccccc23)c1. The summed E-state index contributed by atoms with van der Waals surface area (Å²) in [6.45, 7) is 0. The van der Waals surface area contributed by atoms with Crippen LogP contribution >= 0.6 is 0 Å². The van der Waals surface area contributed by atoms with Crippen LogP contribution in [0.5, 0.6) is 0 Å². The van der Waals surface area contributed by atoms with Crippen molar-refractivity contribution in [2.24, 2.45) is 0 Å². The van der Waals surface area contributed by atoms with E-state index in [2.05, 4.69) is 133 Å². The molecule has 0 unspecified atom stereocenters. The van der Waals surface area contributed by atoms with Crippen molar-refractivity contribution in [1.82, 2.24) is 0 Å². The van der Waals surface area contributed by atoms with Gasteiger partial charge in [0.2, 0.25) is 0 Å². The van der Waals surface area contributed by atoms with Crippen molar-refractivity contribution in [3.05, 3.63) is 146 Å². The second-order valence-corrected chi connectivity index (χ2v) is 10.1. The zero-order chi connectivity index (χ0) is 25.8. The molecule has 0 atom stereocenters. The van der Waals surface area contributed by atoms with E-state index in [9.17, 15) is 0 Å². The maximum absolute atomic E-state index is 6.31. The molecule has 0 bridgehead atoms. The third kappa shape index (κ3) is 3.55. The fourth-order valence-electron chi connectivity index (χ4n) is 5.98. The molecule has 7 aromatic carbocycles. The largest absolute Gasteiger partial charge is 0.455 e. The molecule has 8 rings (SSSR count). The molecule has 39 heavy (non-hydrogen) atoms. The zero-order valence-electron chi connectivity index (χ0n) is 21.3. The van der Waals surface area contributed by atoms with Gasteiger partial charge in [0.05, 0.1) is 0 Å². The van der Waals surface area contributed by atoms with E-state index in [4.69, 9.17) is 4.42 Å². The second kappa shape index (κ2) is 8.72. The zero-order valence-corrected chi connectivity index (χ0v) is 21.3. The van der Waals surface area contributed by atoms with Crippen LogP contribution in [0.3, 0.4) is 0 Å². The smallest absolute Gasteiger partial charge is 0.143 e. The summed E-state index contributed by atoms with van der Waals surface area (Å²) in [5, 5.41) is 7.45. The van der Waals surface area contributed by atoms with Crippen LogP contribution in [0.25, 0.3) is 76.9 Å². The van der Waals surface area contributed by atoms with E-state index >= 15 is 0 Å². The summed E-state index contributed by atoms with van der Waals surface area (Å²) in [5.41, 5.74) is 9.01. The van der Waals surface area contributed by atoms with Crippen LogP contribution < -0.4 is 0 Å². The van der Waals surface area contributed by atoms with Crippen molar-refractivity contribution in [3.63, 3.8) is 0 Å². The van der Waals surface area contributed by atoms with Gasteiger partial charge >= 0.3 is 0 Å². The maximum atomic E-state index is 6.31. The number of hydrogen-bond donors (Lipinski definition) is 0. The van der Waals surface area contributed by atoms with Crippen LogP contribution in [0, 0.1) is 0 Å². The first-order chi connectivity index (χ1) is 19.3. The minimum atomic E-state index is 0.924. The molecule has 0 spiro atoms. The lowest BCUT2D eigenvalue weighted by atomic mass is 9.92. The molecule has 1 heteroatoms. The van der Waals surface area contributed by atoms with Crippen molar-refractivity contribution in [1.29, 1.82) is 0 Å². The molecule has 0 saturated carbocycles. The Hall–Kier alpha value is -5.14. The summed E-state index contributed by atoms with van der Waals surface area (Å²) >= 11 is 0. The van der Waals surface area contributed by atoms with Crippen LogP contribution in [-0.2, 0) is 0 Å². The Morgan fingerprint density at radius 3 is 1.85 bits per heavy atom. The van der Waals surface area contributed by atoms with E-state index in [1.54, 1.807) is 0 Å². The minimum absolute atomic E-state index is 0.924. The van der Waals surface area contributed by atoms with E-state index in [-0.39, 0.29) is 0 Å². The van der Waals surface area contributed by atoms with E-state index in [0.29, 0.717) is 0 Å². The highest BCUT2D eigenvalue weighted by Gasteiger charge is 2.13. The molecular formula is C38H24O. The average molecular weight is 497 g/mol. The van der Waals surface area contributed by atoms with Crippen molar-refractivity contribution in [2.75, 3.05) is 0 Å². The van der Waals surface area contributed by atoms with Gasteiger partial charge in [-0.05, 0) is 67.6 Å². The van der Waals surface area contributed by atoms with E-state index in [0.717, 1.165) is 33.1 Å². The number of para-hydroxylation sites is 2. The predicted octanol–water partition coefficient (Wildman–Crippen LogP) is 10.9. The van der Waals surface area contributed by atoms with Gasteiger partial charge in [-0.25, -0.2) is 0 Å².